The molecule has 1 amide bonds. The van der Waals surface area contributed by atoms with Gasteiger partial charge in [0.25, 0.3) is 0 Å². The fourth-order valence-corrected chi connectivity index (χ4v) is 2.73. The molecule has 0 aromatic rings. The summed E-state index contributed by atoms with van der Waals surface area (Å²) in [7, 11) is 0. The van der Waals surface area contributed by atoms with Gasteiger partial charge < -0.3 is 10.0 Å². The van der Waals surface area contributed by atoms with Gasteiger partial charge in [-0.1, -0.05) is 20.3 Å². The summed E-state index contributed by atoms with van der Waals surface area (Å²) in [6.07, 6.45) is 2.31. The molecule has 4 nitrogen and oxygen atoms in total. The SMILES string of the molecule is CCCCSCC(=O)N1CC(C(C)C(=O)O)C1. The quantitative estimate of drug-likeness (QED) is 0.707. The predicted molar refractivity (Wildman–Crippen MR) is 69.1 cm³/mol. The lowest BCUT2D eigenvalue weighted by atomic mass is 9.87. The summed E-state index contributed by atoms with van der Waals surface area (Å²) in [5.41, 5.74) is 0. The Morgan fingerprint density at radius 1 is 1.47 bits per heavy atom. The van der Waals surface area contributed by atoms with Gasteiger partial charge in [-0.3, -0.25) is 9.59 Å². The fraction of sp³-hybridized carbons (Fsp3) is 0.833. The zero-order valence-electron chi connectivity index (χ0n) is 10.5. The molecular formula is C12H21NO3S. The van der Waals surface area contributed by atoms with E-state index in [1.54, 1.807) is 23.6 Å². The minimum atomic E-state index is -0.764. The molecule has 0 aromatic heterocycles. The maximum Gasteiger partial charge on any atom is 0.306 e. The van der Waals surface area contributed by atoms with Crippen LogP contribution in [0.1, 0.15) is 26.7 Å². The summed E-state index contributed by atoms with van der Waals surface area (Å²) in [6.45, 7) is 5.07. The van der Waals surface area contributed by atoms with Crippen LogP contribution in [0.15, 0.2) is 0 Å². The van der Waals surface area contributed by atoms with Crippen LogP contribution in [-0.2, 0) is 9.59 Å². The average Bonchev–Trinajstić information content (AvgIpc) is 2.22. The van der Waals surface area contributed by atoms with E-state index in [1.807, 2.05) is 0 Å². The van der Waals surface area contributed by atoms with Crippen molar-refractivity contribution in [2.24, 2.45) is 11.8 Å². The van der Waals surface area contributed by atoms with E-state index < -0.39 is 5.97 Å². The molecule has 17 heavy (non-hydrogen) atoms. The molecule has 1 heterocycles. The van der Waals surface area contributed by atoms with Crippen molar-refractivity contribution >= 4 is 23.6 Å². The van der Waals surface area contributed by atoms with Crippen molar-refractivity contribution in [1.82, 2.24) is 4.90 Å². The first-order valence-corrected chi connectivity index (χ1v) is 7.30. The third-order valence-electron chi connectivity index (χ3n) is 3.23. The number of aliphatic carboxylic acids is 1. The van der Waals surface area contributed by atoms with Crippen molar-refractivity contribution in [2.75, 3.05) is 24.6 Å². The first-order valence-electron chi connectivity index (χ1n) is 6.14. The number of nitrogens with zero attached hydrogens (tertiary/aromatic N) is 1. The minimum Gasteiger partial charge on any atom is -0.481 e. The molecule has 1 aliphatic rings. The second-order valence-electron chi connectivity index (χ2n) is 4.59. The van der Waals surface area contributed by atoms with Crippen molar-refractivity contribution in [3.8, 4) is 0 Å². The van der Waals surface area contributed by atoms with Crippen LogP contribution in [0.4, 0.5) is 0 Å². The second-order valence-corrected chi connectivity index (χ2v) is 5.70. The van der Waals surface area contributed by atoms with E-state index in [0.29, 0.717) is 18.8 Å². The summed E-state index contributed by atoms with van der Waals surface area (Å²) in [6, 6.07) is 0. The zero-order valence-corrected chi connectivity index (χ0v) is 11.3. The topological polar surface area (TPSA) is 57.6 Å². The molecule has 1 saturated heterocycles. The Kier molecular flexibility index (Phi) is 5.82. The number of thioether (sulfide) groups is 1. The number of carboxylic acids is 1. The zero-order chi connectivity index (χ0) is 12.8. The lowest BCUT2D eigenvalue weighted by molar-refractivity contribution is -0.149. The standard InChI is InChI=1S/C12H21NO3S/c1-3-4-5-17-8-11(14)13-6-10(7-13)9(2)12(15)16/h9-10H,3-8H2,1-2H3,(H,15,16). The van der Waals surface area contributed by atoms with Crippen LogP contribution in [0, 0.1) is 11.8 Å². The number of hydrogen-bond acceptors (Lipinski definition) is 3. The van der Waals surface area contributed by atoms with Crippen molar-refractivity contribution < 1.29 is 14.7 Å². The highest BCUT2D eigenvalue weighted by Gasteiger charge is 2.36. The second kappa shape index (κ2) is 6.89. The third kappa shape index (κ3) is 4.22. The molecule has 98 valence electrons. The first-order chi connectivity index (χ1) is 8.06. The van der Waals surface area contributed by atoms with Crippen LogP contribution in [0.3, 0.4) is 0 Å². The van der Waals surface area contributed by atoms with Gasteiger partial charge in [0.2, 0.25) is 5.91 Å². The maximum absolute atomic E-state index is 11.7. The van der Waals surface area contributed by atoms with E-state index in [-0.39, 0.29) is 17.7 Å². The molecule has 1 fully saturated rings. The summed E-state index contributed by atoms with van der Waals surface area (Å²) >= 11 is 1.67. The van der Waals surface area contributed by atoms with E-state index in [9.17, 15) is 9.59 Å². The molecule has 1 aliphatic heterocycles. The van der Waals surface area contributed by atoms with Gasteiger partial charge in [-0.25, -0.2) is 0 Å². The van der Waals surface area contributed by atoms with E-state index in [2.05, 4.69) is 6.92 Å². The number of hydrogen-bond donors (Lipinski definition) is 1. The van der Waals surface area contributed by atoms with Crippen LogP contribution in [0.25, 0.3) is 0 Å². The molecular weight excluding hydrogens is 238 g/mol. The van der Waals surface area contributed by atoms with Crippen molar-refractivity contribution in [2.45, 2.75) is 26.7 Å². The number of likely N-dealkylation sites (tertiary alicyclic amines) is 1. The van der Waals surface area contributed by atoms with Gasteiger partial charge in [0.1, 0.15) is 0 Å². The van der Waals surface area contributed by atoms with Crippen molar-refractivity contribution in [3.63, 3.8) is 0 Å². The molecule has 1 unspecified atom stereocenters. The van der Waals surface area contributed by atoms with Gasteiger partial charge >= 0.3 is 5.97 Å². The number of carbonyl (C=O) groups is 2. The number of carboxylic acid groups (broad SMARTS) is 1. The number of carbonyl (C=O) groups excluding carboxylic acids is 1. The van der Waals surface area contributed by atoms with Gasteiger partial charge in [-0.2, -0.15) is 11.8 Å². The number of amides is 1. The normalized spacial score (nSPS) is 17.6. The molecule has 0 aliphatic carbocycles. The molecule has 0 bridgehead atoms. The van der Waals surface area contributed by atoms with E-state index >= 15 is 0 Å². The summed E-state index contributed by atoms with van der Waals surface area (Å²) < 4.78 is 0. The Balaban J connectivity index is 2.14. The predicted octanol–water partition coefficient (Wildman–Crippen LogP) is 1.70. The van der Waals surface area contributed by atoms with E-state index in [1.165, 1.54) is 0 Å². The largest absolute Gasteiger partial charge is 0.481 e. The van der Waals surface area contributed by atoms with Crippen LogP contribution in [0.5, 0.6) is 0 Å². The molecule has 0 saturated carbocycles. The van der Waals surface area contributed by atoms with Gasteiger partial charge in [-0.05, 0) is 12.2 Å². The van der Waals surface area contributed by atoms with Gasteiger partial charge in [0.05, 0.1) is 11.7 Å². The highest BCUT2D eigenvalue weighted by atomic mass is 32.2. The Hall–Kier alpha value is -0.710. The van der Waals surface area contributed by atoms with Crippen LogP contribution >= 0.6 is 11.8 Å². The lowest BCUT2D eigenvalue weighted by Gasteiger charge is -2.41. The molecule has 1 atom stereocenters. The van der Waals surface area contributed by atoms with E-state index in [4.69, 9.17) is 5.11 Å². The molecule has 1 N–H and O–H groups in total. The maximum atomic E-state index is 11.7. The first kappa shape index (κ1) is 14.4. The van der Waals surface area contributed by atoms with Crippen molar-refractivity contribution in [3.05, 3.63) is 0 Å². The fourth-order valence-electron chi connectivity index (χ4n) is 1.73. The molecule has 0 radical (unpaired) electrons. The van der Waals surface area contributed by atoms with Crippen LogP contribution < -0.4 is 0 Å². The minimum absolute atomic E-state index is 0.136. The molecule has 0 spiro atoms. The number of rotatable bonds is 7. The molecule has 5 heteroatoms. The average molecular weight is 259 g/mol. The Morgan fingerprint density at radius 3 is 2.65 bits per heavy atom. The monoisotopic (exact) mass is 259 g/mol. The van der Waals surface area contributed by atoms with Gasteiger partial charge in [0.15, 0.2) is 0 Å². The number of unbranched alkanes of at least 4 members (excludes halogenated alkanes) is 1. The molecule has 0 aromatic carbocycles. The van der Waals surface area contributed by atoms with Crippen LogP contribution in [0.2, 0.25) is 0 Å². The highest BCUT2D eigenvalue weighted by molar-refractivity contribution is 7.99. The Morgan fingerprint density at radius 2 is 2.12 bits per heavy atom. The lowest BCUT2D eigenvalue weighted by Crippen LogP contribution is -2.54. The highest BCUT2D eigenvalue weighted by Crippen LogP contribution is 2.24. The van der Waals surface area contributed by atoms with Crippen molar-refractivity contribution in [1.29, 1.82) is 0 Å². The van der Waals surface area contributed by atoms with Gasteiger partial charge in [0, 0.05) is 19.0 Å². The van der Waals surface area contributed by atoms with Crippen LogP contribution in [-0.4, -0.2) is 46.5 Å². The van der Waals surface area contributed by atoms with Gasteiger partial charge in [-0.15, -0.1) is 0 Å². The smallest absolute Gasteiger partial charge is 0.306 e. The molecule has 1 rings (SSSR count). The Bertz CT molecular complexity index is 277. The van der Waals surface area contributed by atoms with E-state index in [0.717, 1.165) is 18.6 Å². The third-order valence-corrected chi connectivity index (χ3v) is 4.26. The summed E-state index contributed by atoms with van der Waals surface area (Å²) in [4.78, 5) is 24.2. The summed E-state index contributed by atoms with van der Waals surface area (Å²) in [5, 5.41) is 8.84. The summed E-state index contributed by atoms with van der Waals surface area (Å²) in [5.74, 6) is 0.752. The Labute approximate surface area is 107 Å².